The molecule has 2 aromatic carbocycles. The predicted molar refractivity (Wildman–Crippen MR) is 127 cm³/mol. The molecular formula is C25H21FN6O2. The summed E-state index contributed by atoms with van der Waals surface area (Å²) in [6, 6.07) is 10.9. The minimum atomic E-state index is -0.472. The molecule has 0 bridgehead atoms. The van der Waals surface area contributed by atoms with E-state index in [4.69, 9.17) is 11.3 Å². The third-order valence-electron chi connectivity index (χ3n) is 5.74. The zero-order valence-corrected chi connectivity index (χ0v) is 18.4. The van der Waals surface area contributed by atoms with E-state index in [1.165, 1.54) is 6.33 Å². The summed E-state index contributed by atoms with van der Waals surface area (Å²) in [5.41, 5.74) is 4.17. The standard InChI is InChI=1S/C25H21FN6O2/c1-15-11-16-3-8-20(22(26)19(16)12-15)34-25-23(27-2)24(29-14-30-25)31-17-4-6-18(7-5-17)32-10-9-28-21(33)13-32/h3-8,12,14H,9-11,13H2,1H3,(H,28,33)(H,29,30,31). The molecule has 2 aliphatic rings. The third-order valence-corrected chi connectivity index (χ3v) is 5.74. The van der Waals surface area contributed by atoms with Gasteiger partial charge in [-0.3, -0.25) is 4.79 Å². The van der Waals surface area contributed by atoms with E-state index in [2.05, 4.69) is 25.4 Å². The molecule has 0 unspecified atom stereocenters. The van der Waals surface area contributed by atoms with Gasteiger partial charge in [0.2, 0.25) is 11.8 Å². The van der Waals surface area contributed by atoms with E-state index >= 15 is 0 Å². The van der Waals surface area contributed by atoms with Gasteiger partial charge in [0.25, 0.3) is 5.69 Å². The highest BCUT2D eigenvalue weighted by molar-refractivity contribution is 5.83. The van der Waals surface area contributed by atoms with Gasteiger partial charge < -0.3 is 20.3 Å². The van der Waals surface area contributed by atoms with Gasteiger partial charge in [0.05, 0.1) is 13.1 Å². The Morgan fingerprint density at radius 3 is 2.79 bits per heavy atom. The Labute approximate surface area is 195 Å². The van der Waals surface area contributed by atoms with Crippen molar-refractivity contribution in [2.24, 2.45) is 0 Å². The molecule has 2 N–H and O–H groups in total. The highest BCUT2D eigenvalue weighted by Crippen LogP contribution is 2.39. The second-order valence-electron chi connectivity index (χ2n) is 8.15. The lowest BCUT2D eigenvalue weighted by molar-refractivity contribution is -0.120. The molecular weight excluding hydrogens is 435 g/mol. The third kappa shape index (κ3) is 4.13. The molecule has 1 fully saturated rings. The molecule has 0 saturated carbocycles. The highest BCUT2D eigenvalue weighted by Gasteiger charge is 2.21. The van der Waals surface area contributed by atoms with Crippen molar-refractivity contribution >= 4 is 34.9 Å². The van der Waals surface area contributed by atoms with Crippen molar-refractivity contribution in [2.45, 2.75) is 13.3 Å². The summed E-state index contributed by atoms with van der Waals surface area (Å²) >= 11 is 0. The number of fused-ring (bicyclic) bond motifs is 1. The molecule has 1 saturated heterocycles. The first-order valence-corrected chi connectivity index (χ1v) is 10.8. The van der Waals surface area contributed by atoms with Crippen LogP contribution in [0.2, 0.25) is 0 Å². The summed E-state index contributed by atoms with van der Waals surface area (Å²) in [4.78, 5) is 25.4. The number of anilines is 3. The molecule has 1 aliphatic heterocycles. The monoisotopic (exact) mass is 456 g/mol. The number of hydrogen-bond donors (Lipinski definition) is 2. The van der Waals surface area contributed by atoms with Crippen LogP contribution in [0.1, 0.15) is 18.1 Å². The van der Waals surface area contributed by atoms with Crippen LogP contribution < -0.4 is 20.3 Å². The van der Waals surface area contributed by atoms with Gasteiger partial charge in [-0.05, 0) is 49.2 Å². The number of allylic oxidation sites excluding steroid dienone is 1. The molecule has 3 aromatic rings. The lowest BCUT2D eigenvalue weighted by atomic mass is 10.1. The molecule has 0 radical (unpaired) electrons. The van der Waals surface area contributed by atoms with Gasteiger partial charge >= 0.3 is 0 Å². The summed E-state index contributed by atoms with van der Waals surface area (Å²) in [5, 5.41) is 5.91. The molecule has 0 atom stereocenters. The van der Waals surface area contributed by atoms with E-state index in [0.717, 1.165) is 23.4 Å². The van der Waals surface area contributed by atoms with E-state index in [9.17, 15) is 9.18 Å². The van der Waals surface area contributed by atoms with Crippen molar-refractivity contribution in [3.63, 3.8) is 0 Å². The lowest BCUT2D eigenvalue weighted by Gasteiger charge is -2.28. The molecule has 9 heteroatoms. The molecule has 2 heterocycles. The number of ether oxygens (including phenoxy) is 1. The first-order chi connectivity index (χ1) is 16.5. The fourth-order valence-corrected chi connectivity index (χ4v) is 4.08. The smallest absolute Gasteiger partial charge is 0.288 e. The maximum Gasteiger partial charge on any atom is 0.288 e. The van der Waals surface area contributed by atoms with Crippen LogP contribution in [0.25, 0.3) is 10.9 Å². The number of carbonyl (C=O) groups excluding carboxylic acids is 1. The Morgan fingerprint density at radius 2 is 2.03 bits per heavy atom. The number of amides is 1. The number of carbonyl (C=O) groups is 1. The second kappa shape index (κ2) is 8.83. The van der Waals surface area contributed by atoms with Gasteiger partial charge in [0.15, 0.2) is 11.6 Å². The molecule has 170 valence electrons. The predicted octanol–water partition coefficient (Wildman–Crippen LogP) is 4.60. The maximum absolute atomic E-state index is 15.0. The van der Waals surface area contributed by atoms with Gasteiger partial charge in [0.1, 0.15) is 12.1 Å². The van der Waals surface area contributed by atoms with E-state index in [1.54, 1.807) is 12.1 Å². The number of halogens is 1. The number of rotatable bonds is 5. The Bertz CT molecular complexity index is 1350. The Balaban J connectivity index is 1.37. The first-order valence-electron chi connectivity index (χ1n) is 10.8. The summed E-state index contributed by atoms with van der Waals surface area (Å²) in [6.07, 6.45) is 3.79. The fraction of sp³-hybridized carbons (Fsp3) is 0.200. The molecule has 1 aliphatic carbocycles. The molecule has 1 aromatic heterocycles. The van der Waals surface area contributed by atoms with Crippen molar-refractivity contribution in [2.75, 3.05) is 29.9 Å². The fourth-order valence-electron chi connectivity index (χ4n) is 4.08. The molecule has 34 heavy (non-hydrogen) atoms. The number of piperazine rings is 1. The quantitative estimate of drug-likeness (QED) is 0.546. The van der Waals surface area contributed by atoms with Crippen LogP contribution in [-0.4, -0.2) is 35.5 Å². The van der Waals surface area contributed by atoms with Crippen LogP contribution in [0.3, 0.4) is 0 Å². The zero-order valence-electron chi connectivity index (χ0n) is 18.4. The maximum atomic E-state index is 15.0. The normalized spacial score (nSPS) is 14.7. The van der Waals surface area contributed by atoms with Crippen LogP contribution >= 0.6 is 0 Å². The number of nitrogens with one attached hydrogen (secondary N) is 2. The molecule has 0 spiro atoms. The largest absolute Gasteiger partial charge is 0.446 e. The van der Waals surface area contributed by atoms with Crippen LogP contribution in [0.15, 0.2) is 48.3 Å². The average molecular weight is 456 g/mol. The van der Waals surface area contributed by atoms with E-state index in [-0.39, 0.29) is 29.0 Å². The van der Waals surface area contributed by atoms with Crippen molar-refractivity contribution in [1.29, 1.82) is 0 Å². The van der Waals surface area contributed by atoms with Gasteiger partial charge in [0, 0.05) is 30.0 Å². The van der Waals surface area contributed by atoms with Crippen molar-refractivity contribution in [1.82, 2.24) is 15.3 Å². The van der Waals surface area contributed by atoms with Crippen LogP contribution in [0.4, 0.5) is 27.3 Å². The second-order valence-corrected chi connectivity index (χ2v) is 8.15. The minimum Gasteiger partial charge on any atom is -0.446 e. The number of benzene rings is 2. The molecule has 8 nitrogen and oxygen atoms in total. The van der Waals surface area contributed by atoms with Crippen molar-refractivity contribution in [3.05, 3.63) is 76.7 Å². The lowest BCUT2D eigenvalue weighted by Crippen LogP contribution is -2.47. The van der Waals surface area contributed by atoms with Gasteiger partial charge in [-0.25, -0.2) is 19.2 Å². The highest BCUT2D eigenvalue weighted by atomic mass is 19.1. The SMILES string of the molecule is [C-]#[N+]c1c(Nc2ccc(N3CCNC(=O)C3)cc2)ncnc1Oc1ccc2c(c1F)C=C(C)C2. The topological polar surface area (TPSA) is 83.7 Å². The van der Waals surface area contributed by atoms with Crippen LogP contribution in [0, 0.1) is 12.4 Å². The van der Waals surface area contributed by atoms with Crippen molar-refractivity contribution in [3.8, 4) is 11.6 Å². The molecule has 5 rings (SSSR count). The first kappa shape index (κ1) is 21.4. The van der Waals surface area contributed by atoms with Gasteiger partial charge in [-0.15, -0.1) is 0 Å². The number of nitrogens with zero attached hydrogens (tertiary/aromatic N) is 4. The number of hydrogen-bond acceptors (Lipinski definition) is 6. The zero-order chi connectivity index (χ0) is 23.7. The van der Waals surface area contributed by atoms with E-state index in [1.807, 2.05) is 42.2 Å². The Kier molecular flexibility index (Phi) is 5.55. The summed E-state index contributed by atoms with van der Waals surface area (Å²) < 4.78 is 20.7. The summed E-state index contributed by atoms with van der Waals surface area (Å²) in [5.74, 6) is -0.243. The van der Waals surface area contributed by atoms with Gasteiger partial charge in [-0.1, -0.05) is 17.7 Å². The summed E-state index contributed by atoms with van der Waals surface area (Å²) in [6.45, 7) is 11.2. The Hall–Kier alpha value is -4.45. The molecule has 1 amide bonds. The average Bonchev–Trinajstić information content (AvgIpc) is 3.23. The Morgan fingerprint density at radius 1 is 1.21 bits per heavy atom. The minimum absolute atomic E-state index is 0.00497. The number of aromatic nitrogens is 2. The summed E-state index contributed by atoms with van der Waals surface area (Å²) in [7, 11) is 0. The van der Waals surface area contributed by atoms with E-state index in [0.29, 0.717) is 30.8 Å². The van der Waals surface area contributed by atoms with Crippen molar-refractivity contribution < 1.29 is 13.9 Å². The van der Waals surface area contributed by atoms with Crippen LogP contribution in [-0.2, 0) is 11.2 Å². The van der Waals surface area contributed by atoms with Gasteiger partial charge in [-0.2, -0.15) is 0 Å². The van der Waals surface area contributed by atoms with Crippen LogP contribution in [0.5, 0.6) is 11.6 Å². The van der Waals surface area contributed by atoms with E-state index < -0.39 is 5.82 Å².